The molecule has 0 unspecified atom stereocenters. The number of nitrogens with zero attached hydrogens (tertiary/aromatic N) is 8. The minimum Gasteiger partial charge on any atom is -0.372 e. The average molecular weight is 450 g/mol. The van der Waals surface area contributed by atoms with Gasteiger partial charge < -0.3 is 14.3 Å². The van der Waals surface area contributed by atoms with Gasteiger partial charge in [-0.3, -0.25) is 0 Å². The number of nitriles is 2. The fraction of sp³-hybridized carbons (Fsp3) is 0.435. The molecule has 166 valence electrons. The van der Waals surface area contributed by atoms with E-state index in [9.17, 15) is 10.5 Å². The maximum Gasteiger partial charge on any atom is 0.232 e. The zero-order valence-corrected chi connectivity index (χ0v) is 19.9. The number of rotatable bonds is 7. The summed E-state index contributed by atoms with van der Waals surface area (Å²) in [6, 6.07) is 11.8. The van der Waals surface area contributed by atoms with Crippen molar-refractivity contribution in [3.63, 3.8) is 0 Å². The first-order valence-electron chi connectivity index (χ1n) is 10.8. The molecule has 0 atom stereocenters. The van der Waals surface area contributed by atoms with Crippen LogP contribution in [-0.4, -0.2) is 62.8 Å². The molecule has 1 saturated heterocycles. The van der Waals surface area contributed by atoms with Crippen LogP contribution < -0.4 is 9.80 Å². The van der Waals surface area contributed by atoms with Crippen LogP contribution in [-0.2, 0) is 0 Å². The highest BCUT2D eigenvalue weighted by molar-refractivity contribution is 7.16. The van der Waals surface area contributed by atoms with Gasteiger partial charge in [-0.2, -0.15) is 15.5 Å². The lowest BCUT2D eigenvalue weighted by atomic mass is 10.2. The van der Waals surface area contributed by atoms with Gasteiger partial charge in [-0.15, -0.1) is 10.2 Å². The van der Waals surface area contributed by atoms with Crippen molar-refractivity contribution in [2.45, 2.75) is 13.8 Å². The summed E-state index contributed by atoms with van der Waals surface area (Å²) in [6.45, 7) is 9.89. The molecule has 1 aromatic carbocycles. The van der Waals surface area contributed by atoms with Gasteiger partial charge in [0.2, 0.25) is 5.13 Å². The predicted octanol–water partition coefficient (Wildman–Crippen LogP) is 4.73. The fourth-order valence-electron chi connectivity index (χ4n) is 3.53. The molecule has 2 heterocycles. The Hall–Kier alpha value is -3.27. The molecule has 1 aliphatic rings. The lowest BCUT2D eigenvalue weighted by molar-refractivity contribution is -0.890. The highest BCUT2D eigenvalue weighted by Gasteiger charge is 2.27. The smallest absolute Gasteiger partial charge is 0.232 e. The number of benzene rings is 1. The minimum atomic E-state index is 0.0542. The molecular weight excluding hydrogens is 420 g/mol. The van der Waals surface area contributed by atoms with Crippen LogP contribution in [0.5, 0.6) is 0 Å². The second-order valence-corrected chi connectivity index (χ2v) is 9.23. The number of anilines is 2. The first kappa shape index (κ1) is 23.4. The van der Waals surface area contributed by atoms with Crippen LogP contribution in [0.3, 0.4) is 0 Å². The molecule has 32 heavy (non-hydrogen) atoms. The summed E-state index contributed by atoms with van der Waals surface area (Å²) in [5, 5.41) is 27.6. The molecule has 0 radical (unpaired) electrons. The molecule has 1 fully saturated rings. The highest BCUT2D eigenvalue weighted by atomic mass is 32.1. The van der Waals surface area contributed by atoms with Crippen LogP contribution in [0.2, 0.25) is 0 Å². The molecule has 8 nitrogen and oxygen atoms in total. The van der Waals surface area contributed by atoms with Crippen LogP contribution in [0.15, 0.2) is 40.1 Å². The zero-order chi connectivity index (χ0) is 23.1. The van der Waals surface area contributed by atoms with E-state index in [1.54, 1.807) is 6.08 Å². The van der Waals surface area contributed by atoms with E-state index in [-0.39, 0.29) is 5.57 Å². The number of aromatic nitrogens is 1. The fourth-order valence-corrected chi connectivity index (χ4v) is 4.39. The quantitative estimate of drug-likeness (QED) is 0.346. The summed E-state index contributed by atoms with van der Waals surface area (Å²) >= 11 is 1.34. The number of likely N-dealkylation sites (N-methyl/N-ethyl adjacent to an activating group) is 1. The summed E-state index contributed by atoms with van der Waals surface area (Å²) in [6.07, 6.45) is 1.60. The summed E-state index contributed by atoms with van der Waals surface area (Å²) < 4.78 is 0.962. The molecular formula is C23H29N8S+. The number of hydrogen-bond acceptors (Lipinski definition) is 8. The second-order valence-electron chi connectivity index (χ2n) is 8.22. The van der Waals surface area contributed by atoms with Gasteiger partial charge in [-0.05, 0) is 44.2 Å². The van der Waals surface area contributed by atoms with Crippen molar-refractivity contribution in [2.24, 2.45) is 10.2 Å². The van der Waals surface area contributed by atoms with Crippen LogP contribution in [0.25, 0.3) is 6.08 Å². The highest BCUT2D eigenvalue weighted by Crippen LogP contribution is 2.35. The summed E-state index contributed by atoms with van der Waals surface area (Å²) in [7, 11) is 4.43. The SMILES string of the molecule is CCN(CC)c1ccc(/N=N/c2nc(N3CC[N+](C)(C)CC3)c(C=C(C#N)C#N)s2)cc1. The molecule has 1 aromatic heterocycles. The maximum atomic E-state index is 9.20. The zero-order valence-electron chi connectivity index (χ0n) is 19.1. The Morgan fingerprint density at radius 3 is 2.31 bits per heavy atom. The van der Waals surface area contributed by atoms with Crippen molar-refractivity contribution < 1.29 is 4.48 Å². The number of thiazole rings is 1. The van der Waals surface area contributed by atoms with E-state index in [2.05, 4.69) is 48.0 Å². The topological polar surface area (TPSA) is 91.7 Å². The van der Waals surface area contributed by atoms with Gasteiger partial charge in [0.05, 0.1) is 50.8 Å². The van der Waals surface area contributed by atoms with Crippen LogP contribution in [0.1, 0.15) is 18.7 Å². The van der Waals surface area contributed by atoms with Crippen molar-refractivity contribution in [1.82, 2.24) is 4.98 Å². The number of piperazine rings is 1. The third kappa shape index (κ3) is 5.70. The molecule has 0 saturated carbocycles. The number of allylic oxidation sites excluding steroid dienone is 1. The van der Waals surface area contributed by atoms with Gasteiger partial charge in [0.25, 0.3) is 0 Å². The first-order chi connectivity index (χ1) is 15.4. The summed E-state index contributed by atoms with van der Waals surface area (Å²) in [5.74, 6) is 0.767. The van der Waals surface area contributed by atoms with Crippen LogP contribution in [0, 0.1) is 22.7 Å². The van der Waals surface area contributed by atoms with E-state index in [1.807, 2.05) is 36.4 Å². The van der Waals surface area contributed by atoms with Crippen molar-refractivity contribution in [2.75, 3.05) is 63.2 Å². The van der Waals surface area contributed by atoms with E-state index < -0.39 is 0 Å². The van der Waals surface area contributed by atoms with Gasteiger partial charge in [0.15, 0.2) is 0 Å². The molecule has 0 amide bonds. The second kappa shape index (κ2) is 10.4. The van der Waals surface area contributed by atoms with Crippen molar-refractivity contribution >= 4 is 39.7 Å². The molecule has 1 aliphatic heterocycles. The Balaban J connectivity index is 1.85. The molecule has 0 N–H and O–H groups in total. The lowest BCUT2D eigenvalue weighted by Gasteiger charge is -2.39. The van der Waals surface area contributed by atoms with Crippen LogP contribution in [0.4, 0.5) is 22.3 Å². The van der Waals surface area contributed by atoms with E-state index in [4.69, 9.17) is 4.98 Å². The van der Waals surface area contributed by atoms with Crippen LogP contribution >= 0.6 is 11.3 Å². The van der Waals surface area contributed by atoms with E-state index >= 15 is 0 Å². The van der Waals surface area contributed by atoms with E-state index in [0.717, 1.165) is 65.8 Å². The Morgan fingerprint density at radius 1 is 1.12 bits per heavy atom. The van der Waals surface area contributed by atoms with Gasteiger partial charge in [0.1, 0.15) is 23.5 Å². The molecule has 2 aromatic rings. The van der Waals surface area contributed by atoms with Crippen molar-refractivity contribution in [1.29, 1.82) is 10.5 Å². The molecule has 0 aliphatic carbocycles. The normalized spacial score (nSPS) is 15.2. The van der Waals surface area contributed by atoms with Crippen molar-refractivity contribution in [3.05, 3.63) is 34.7 Å². The van der Waals surface area contributed by atoms with E-state index in [0.29, 0.717) is 5.13 Å². The van der Waals surface area contributed by atoms with Crippen molar-refractivity contribution in [3.8, 4) is 12.1 Å². The first-order valence-corrected chi connectivity index (χ1v) is 11.6. The average Bonchev–Trinajstić information content (AvgIpc) is 3.20. The lowest BCUT2D eigenvalue weighted by Crippen LogP contribution is -2.55. The van der Waals surface area contributed by atoms with E-state index in [1.165, 1.54) is 11.3 Å². The van der Waals surface area contributed by atoms with Gasteiger partial charge in [0, 0.05) is 18.8 Å². The maximum absolute atomic E-state index is 9.20. The number of quaternary nitrogens is 1. The Kier molecular flexibility index (Phi) is 7.57. The van der Waals surface area contributed by atoms with Gasteiger partial charge in [-0.1, -0.05) is 11.3 Å². The largest absolute Gasteiger partial charge is 0.372 e. The molecule has 3 rings (SSSR count). The minimum absolute atomic E-state index is 0.0542. The van der Waals surface area contributed by atoms with Gasteiger partial charge in [-0.25, -0.2) is 0 Å². The Labute approximate surface area is 193 Å². The Morgan fingerprint density at radius 2 is 1.75 bits per heavy atom. The third-order valence-corrected chi connectivity index (χ3v) is 6.49. The Bertz CT molecular complexity index is 1040. The molecule has 9 heteroatoms. The monoisotopic (exact) mass is 449 g/mol. The molecule has 0 spiro atoms. The summed E-state index contributed by atoms with van der Waals surface area (Å²) in [5.41, 5.74) is 1.96. The molecule has 0 bridgehead atoms. The third-order valence-electron chi connectivity index (χ3n) is 5.62. The van der Waals surface area contributed by atoms with Gasteiger partial charge >= 0.3 is 0 Å². The standard InChI is InChI=1S/C23H29N8S/c1-5-29(6-2)20-9-7-19(8-10-20)27-28-23-26-22(21(32-23)15-18(16-24)17-25)30-11-13-31(3,4)14-12-30/h7-10,15H,5-6,11-14H2,1-4H3/q+1/b28-27+. The predicted molar refractivity (Wildman–Crippen MR) is 130 cm³/mol. The number of hydrogen-bond donors (Lipinski definition) is 0. The summed E-state index contributed by atoms with van der Waals surface area (Å²) in [4.78, 5) is 9.94. The number of azo groups is 1.